The zero-order valence-corrected chi connectivity index (χ0v) is 11.7. The molecule has 18 heavy (non-hydrogen) atoms. The first kappa shape index (κ1) is 12.9. The van der Waals surface area contributed by atoms with E-state index in [0.29, 0.717) is 5.92 Å². The first-order chi connectivity index (χ1) is 8.74. The van der Waals surface area contributed by atoms with Crippen LogP contribution in [0.25, 0.3) is 0 Å². The summed E-state index contributed by atoms with van der Waals surface area (Å²) in [7, 11) is 2.31. The molecule has 4 unspecified atom stereocenters. The summed E-state index contributed by atoms with van der Waals surface area (Å²) in [5.74, 6) is 0.542. The van der Waals surface area contributed by atoms with Crippen molar-refractivity contribution in [2.45, 2.75) is 63.1 Å². The third kappa shape index (κ3) is 2.59. The Kier molecular flexibility index (Phi) is 3.92. The van der Waals surface area contributed by atoms with Gasteiger partial charge in [0.25, 0.3) is 0 Å². The molecule has 1 aliphatic carbocycles. The number of likely N-dealkylation sites (tertiary alicyclic amines) is 1. The molecule has 4 atom stereocenters. The summed E-state index contributed by atoms with van der Waals surface area (Å²) < 4.78 is 0. The van der Waals surface area contributed by atoms with Crippen LogP contribution in [0.4, 0.5) is 0 Å². The van der Waals surface area contributed by atoms with Gasteiger partial charge in [0.1, 0.15) is 0 Å². The van der Waals surface area contributed by atoms with Gasteiger partial charge < -0.3 is 10.0 Å². The molecule has 3 rings (SSSR count). The molecule has 2 bridgehead atoms. The Labute approximate surface area is 111 Å². The first-order valence-corrected chi connectivity index (χ1v) is 7.86. The number of hydrogen-bond donors (Lipinski definition) is 1. The second-order valence-electron chi connectivity index (χ2n) is 6.71. The number of rotatable bonds is 2. The van der Waals surface area contributed by atoms with Crippen LogP contribution in [-0.2, 0) is 0 Å². The van der Waals surface area contributed by atoms with Crippen molar-refractivity contribution in [3.8, 4) is 0 Å². The molecule has 0 spiro atoms. The van der Waals surface area contributed by atoms with Gasteiger partial charge in [0.2, 0.25) is 0 Å². The molecular formula is C15H28N2O. The van der Waals surface area contributed by atoms with E-state index in [9.17, 15) is 5.11 Å². The molecule has 1 saturated carbocycles. The van der Waals surface area contributed by atoms with Gasteiger partial charge in [0.15, 0.2) is 0 Å². The monoisotopic (exact) mass is 252 g/mol. The predicted molar refractivity (Wildman–Crippen MR) is 73.6 cm³/mol. The van der Waals surface area contributed by atoms with Crippen molar-refractivity contribution in [2.24, 2.45) is 5.92 Å². The number of aliphatic hydroxyl groups excluding tert-OH is 1. The van der Waals surface area contributed by atoms with Crippen LogP contribution < -0.4 is 0 Å². The molecule has 3 aliphatic rings. The summed E-state index contributed by atoms with van der Waals surface area (Å²) in [6.07, 6.45) is 8.90. The lowest BCUT2D eigenvalue weighted by molar-refractivity contribution is 0.0446. The molecule has 1 N–H and O–H groups in total. The Balaban J connectivity index is 1.56. The number of fused-ring (bicyclic) bond motifs is 2. The summed E-state index contributed by atoms with van der Waals surface area (Å²) in [6, 6.07) is 1.61. The molecule has 2 aliphatic heterocycles. The molecule has 3 nitrogen and oxygen atoms in total. The Morgan fingerprint density at radius 3 is 2.61 bits per heavy atom. The van der Waals surface area contributed by atoms with Gasteiger partial charge in [-0.25, -0.2) is 0 Å². The number of likely N-dealkylation sites (N-methyl/N-ethyl adjacent to an activating group) is 1. The van der Waals surface area contributed by atoms with Crippen LogP contribution in [0.1, 0.15) is 44.9 Å². The summed E-state index contributed by atoms with van der Waals surface area (Å²) in [5.41, 5.74) is 0. The molecule has 3 heteroatoms. The van der Waals surface area contributed by atoms with Crippen LogP contribution in [0.2, 0.25) is 0 Å². The average molecular weight is 252 g/mol. The lowest BCUT2D eigenvalue weighted by Crippen LogP contribution is -2.41. The average Bonchev–Trinajstić information content (AvgIpc) is 2.60. The van der Waals surface area contributed by atoms with Gasteiger partial charge in [-0.05, 0) is 51.6 Å². The molecule has 104 valence electrons. The third-order valence-electron chi connectivity index (χ3n) is 5.59. The van der Waals surface area contributed by atoms with Crippen molar-refractivity contribution in [3.63, 3.8) is 0 Å². The lowest BCUT2D eigenvalue weighted by atomic mass is 9.86. The van der Waals surface area contributed by atoms with Crippen molar-refractivity contribution in [3.05, 3.63) is 0 Å². The highest BCUT2D eigenvalue weighted by atomic mass is 16.3. The fourth-order valence-corrected chi connectivity index (χ4v) is 4.28. The smallest absolute Gasteiger partial charge is 0.0580 e. The highest BCUT2D eigenvalue weighted by molar-refractivity contribution is 4.92. The number of nitrogens with zero attached hydrogens (tertiary/aromatic N) is 2. The van der Waals surface area contributed by atoms with Crippen LogP contribution in [0.15, 0.2) is 0 Å². The van der Waals surface area contributed by atoms with E-state index in [1.165, 1.54) is 51.6 Å². The fourth-order valence-electron chi connectivity index (χ4n) is 4.28. The van der Waals surface area contributed by atoms with Crippen LogP contribution in [0.3, 0.4) is 0 Å². The van der Waals surface area contributed by atoms with Gasteiger partial charge in [-0.1, -0.05) is 12.8 Å². The molecule has 0 aromatic carbocycles. The Bertz CT molecular complexity index is 284. The largest absolute Gasteiger partial charge is 0.393 e. The van der Waals surface area contributed by atoms with Crippen molar-refractivity contribution in [1.82, 2.24) is 9.80 Å². The third-order valence-corrected chi connectivity index (χ3v) is 5.59. The van der Waals surface area contributed by atoms with E-state index in [0.717, 1.165) is 25.0 Å². The maximum Gasteiger partial charge on any atom is 0.0580 e. The minimum absolute atomic E-state index is 0.0306. The fraction of sp³-hybridized carbons (Fsp3) is 1.00. The van der Waals surface area contributed by atoms with Crippen molar-refractivity contribution >= 4 is 0 Å². The highest BCUT2D eigenvalue weighted by Gasteiger charge is 2.35. The second-order valence-corrected chi connectivity index (χ2v) is 6.71. The Morgan fingerprint density at radius 1 is 1.00 bits per heavy atom. The van der Waals surface area contributed by atoms with Gasteiger partial charge >= 0.3 is 0 Å². The summed E-state index contributed by atoms with van der Waals surface area (Å²) >= 11 is 0. The van der Waals surface area contributed by atoms with Crippen LogP contribution in [0.5, 0.6) is 0 Å². The zero-order valence-electron chi connectivity index (χ0n) is 11.7. The molecule has 0 radical (unpaired) electrons. The maximum atomic E-state index is 10.1. The van der Waals surface area contributed by atoms with Crippen LogP contribution in [0, 0.1) is 5.92 Å². The van der Waals surface area contributed by atoms with E-state index in [1.54, 1.807) is 0 Å². The van der Waals surface area contributed by atoms with Gasteiger partial charge in [-0.2, -0.15) is 0 Å². The van der Waals surface area contributed by atoms with Crippen LogP contribution in [-0.4, -0.2) is 59.8 Å². The van der Waals surface area contributed by atoms with Gasteiger partial charge in [0.05, 0.1) is 6.10 Å². The quantitative estimate of drug-likeness (QED) is 0.810. The van der Waals surface area contributed by atoms with E-state index >= 15 is 0 Å². The van der Waals surface area contributed by atoms with E-state index in [4.69, 9.17) is 0 Å². The SMILES string of the molecule is CN1C2CCC1CN(CC1CCCCC1O)CC2. The standard InChI is InChI=1S/C15H28N2O/c1-16-13-6-7-14(16)11-17(9-8-13)10-12-4-2-3-5-15(12)18/h12-15,18H,2-11H2,1H3. The molecule has 0 aromatic heterocycles. The number of hydrogen-bond acceptors (Lipinski definition) is 3. The van der Waals surface area contributed by atoms with Crippen molar-refractivity contribution < 1.29 is 5.11 Å². The zero-order chi connectivity index (χ0) is 12.5. The van der Waals surface area contributed by atoms with Crippen LogP contribution >= 0.6 is 0 Å². The lowest BCUT2D eigenvalue weighted by Gasteiger charge is -2.34. The predicted octanol–water partition coefficient (Wildman–Crippen LogP) is 1.71. The molecule has 2 heterocycles. The van der Waals surface area contributed by atoms with Gasteiger partial charge in [0, 0.05) is 25.2 Å². The Hall–Kier alpha value is -0.120. The summed E-state index contributed by atoms with van der Waals surface area (Å²) in [4.78, 5) is 5.25. The summed E-state index contributed by atoms with van der Waals surface area (Å²) in [6.45, 7) is 3.61. The van der Waals surface area contributed by atoms with Crippen molar-refractivity contribution in [1.29, 1.82) is 0 Å². The van der Waals surface area contributed by atoms with Gasteiger partial charge in [-0.15, -0.1) is 0 Å². The molecule has 0 amide bonds. The topological polar surface area (TPSA) is 26.7 Å². The maximum absolute atomic E-state index is 10.1. The summed E-state index contributed by atoms with van der Waals surface area (Å²) in [5, 5.41) is 10.1. The first-order valence-electron chi connectivity index (χ1n) is 7.86. The van der Waals surface area contributed by atoms with Gasteiger partial charge in [-0.3, -0.25) is 4.90 Å². The van der Waals surface area contributed by atoms with E-state index in [-0.39, 0.29) is 6.10 Å². The molecular weight excluding hydrogens is 224 g/mol. The van der Waals surface area contributed by atoms with Crippen molar-refractivity contribution in [2.75, 3.05) is 26.7 Å². The Morgan fingerprint density at radius 2 is 1.78 bits per heavy atom. The van der Waals surface area contributed by atoms with E-state index < -0.39 is 0 Å². The highest BCUT2D eigenvalue weighted by Crippen LogP contribution is 2.30. The molecule has 3 fully saturated rings. The van der Waals surface area contributed by atoms with E-state index in [1.807, 2.05) is 0 Å². The molecule has 0 aromatic rings. The number of aliphatic hydroxyl groups is 1. The molecule has 2 saturated heterocycles. The normalized spacial score (nSPS) is 43.0. The van der Waals surface area contributed by atoms with E-state index in [2.05, 4.69) is 16.8 Å². The minimum Gasteiger partial charge on any atom is -0.393 e. The minimum atomic E-state index is -0.0306. The second kappa shape index (κ2) is 5.48.